The van der Waals surface area contributed by atoms with Crippen LogP contribution in [0.4, 0.5) is 0 Å². The number of hydrogen-bond acceptors (Lipinski definition) is 1. The molecule has 16 heavy (non-hydrogen) atoms. The van der Waals surface area contributed by atoms with Gasteiger partial charge in [-0.05, 0) is 43.0 Å². The molecule has 0 amide bonds. The zero-order valence-corrected chi connectivity index (χ0v) is 9.66. The van der Waals surface area contributed by atoms with Gasteiger partial charge in [-0.1, -0.05) is 25.1 Å². The molecule has 2 atom stereocenters. The van der Waals surface area contributed by atoms with Gasteiger partial charge in [0.25, 0.3) is 0 Å². The second-order valence-electron chi connectivity index (χ2n) is 4.87. The standard InChI is InChI=1S/C14H18N2/c1-10-8-15-7-6-11(10)13-9-16-14-5-3-2-4-12(13)14/h2-5,9-11,15-16H,6-8H2,1H3/t10-,11+/m1/s1. The first-order valence-corrected chi connectivity index (χ1v) is 6.13. The first-order chi connectivity index (χ1) is 7.86. The molecule has 0 aliphatic carbocycles. The summed E-state index contributed by atoms with van der Waals surface area (Å²) in [6.45, 7) is 4.64. The summed E-state index contributed by atoms with van der Waals surface area (Å²) in [6, 6.07) is 8.61. The summed E-state index contributed by atoms with van der Waals surface area (Å²) in [5.41, 5.74) is 2.77. The normalized spacial score (nSPS) is 26.1. The number of rotatable bonds is 1. The van der Waals surface area contributed by atoms with E-state index in [1.54, 1.807) is 0 Å². The molecule has 1 aliphatic heterocycles. The Hall–Kier alpha value is -1.28. The van der Waals surface area contributed by atoms with Gasteiger partial charge in [0.05, 0.1) is 0 Å². The Balaban J connectivity index is 2.04. The van der Waals surface area contributed by atoms with Crippen LogP contribution in [0.25, 0.3) is 10.9 Å². The zero-order chi connectivity index (χ0) is 11.0. The van der Waals surface area contributed by atoms with Crippen LogP contribution in [0.2, 0.25) is 0 Å². The molecule has 1 aromatic carbocycles. The van der Waals surface area contributed by atoms with Gasteiger partial charge in [-0.25, -0.2) is 0 Å². The molecule has 1 fully saturated rings. The van der Waals surface area contributed by atoms with E-state index in [0.717, 1.165) is 19.0 Å². The van der Waals surface area contributed by atoms with Crippen molar-refractivity contribution in [3.63, 3.8) is 0 Å². The van der Waals surface area contributed by atoms with Crippen LogP contribution in [0.5, 0.6) is 0 Å². The lowest BCUT2D eigenvalue weighted by molar-refractivity contribution is 0.351. The molecule has 0 unspecified atom stereocenters. The van der Waals surface area contributed by atoms with Crippen molar-refractivity contribution in [3.8, 4) is 0 Å². The summed E-state index contributed by atoms with van der Waals surface area (Å²) in [4.78, 5) is 3.39. The molecule has 2 heterocycles. The fourth-order valence-corrected chi connectivity index (χ4v) is 2.88. The number of aromatic amines is 1. The van der Waals surface area contributed by atoms with Crippen LogP contribution in [-0.2, 0) is 0 Å². The predicted octanol–water partition coefficient (Wildman–Crippen LogP) is 2.88. The Kier molecular flexibility index (Phi) is 2.44. The highest BCUT2D eigenvalue weighted by molar-refractivity contribution is 5.83. The van der Waals surface area contributed by atoms with E-state index in [9.17, 15) is 0 Å². The molecule has 0 bridgehead atoms. The fraction of sp³-hybridized carbons (Fsp3) is 0.429. The molecule has 2 heteroatoms. The molecule has 1 aliphatic rings. The highest BCUT2D eigenvalue weighted by Crippen LogP contribution is 2.34. The van der Waals surface area contributed by atoms with Gasteiger partial charge in [-0.2, -0.15) is 0 Å². The van der Waals surface area contributed by atoms with Crippen molar-refractivity contribution < 1.29 is 0 Å². The topological polar surface area (TPSA) is 27.8 Å². The molecule has 2 nitrogen and oxygen atoms in total. The van der Waals surface area contributed by atoms with Crippen molar-refractivity contribution in [2.45, 2.75) is 19.3 Å². The van der Waals surface area contributed by atoms with E-state index in [4.69, 9.17) is 0 Å². The molecular formula is C14H18N2. The van der Waals surface area contributed by atoms with E-state index >= 15 is 0 Å². The van der Waals surface area contributed by atoms with Crippen LogP contribution < -0.4 is 5.32 Å². The summed E-state index contributed by atoms with van der Waals surface area (Å²) in [7, 11) is 0. The van der Waals surface area contributed by atoms with Crippen LogP contribution in [0.1, 0.15) is 24.8 Å². The van der Waals surface area contributed by atoms with E-state index in [1.807, 2.05) is 0 Å². The second-order valence-corrected chi connectivity index (χ2v) is 4.87. The summed E-state index contributed by atoms with van der Waals surface area (Å²) < 4.78 is 0. The van der Waals surface area contributed by atoms with E-state index < -0.39 is 0 Å². The predicted molar refractivity (Wildman–Crippen MR) is 67.7 cm³/mol. The zero-order valence-electron chi connectivity index (χ0n) is 9.66. The largest absolute Gasteiger partial charge is 0.361 e. The Morgan fingerprint density at radius 2 is 2.12 bits per heavy atom. The van der Waals surface area contributed by atoms with Gasteiger partial charge in [0.15, 0.2) is 0 Å². The third kappa shape index (κ3) is 1.54. The Morgan fingerprint density at radius 3 is 3.00 bits per heavy atom. The minimum Gasteiger partial charge on any atom is -0.361 e. The Bertz CT molecular complexity index is 486. The summed E-state index contributed by atoms with van der Waals surface area (Å²) >= 11 is 0. The number of aromatic nitrogens is 1. The van der Waals surface area contributed by atoms with Gasteiger partial charge >= 0.3 is 0 Å². The highest BCUT2D eigenvalue weighted by atomic mass is 14.9. The second kappa shape index (κ2) is 3.95. The SMILES string of the molecule is C[C@@H]1CNCC[C@@H]1c1c[nH]c2ccccc12. The van der Waals surface area contributed by atoms with Crippen LogP contribution in [-0.4, -0.2) is 18.1 Å². The number of para-hydroxylation sites is 1. The molecule has 1 aromatic heterocycles. The first-order valence-electron chi connectivity index (χ1n) is 6.13. The van der Waals surface area contributed by atoms with Gasteiger partial charge in [-0.3, -0.25) is 0 Å². The Morgan fingerprint density at radius 1 is 1.25 bits per heavy atom. The quantitative estimate of drug-likeness (QED) is 0.750. The number of fused-ring (bicyclic) bond motifs is 1. The van der Waals surface area contributed by atoms with E-state index in [2.05, 4.69) is 47.7 Å². The summed E-state index contributed by atoms with van der Waals surface area (Å²) in [5, 5.41) is 4.87. The highest BCUT2D eigenvalue weighted by Gasteiger charge is 2.24. The van der Waals surface area contributed by atoms with Crippen molar-refractivity contribution in [1.82, 2.24) is 10.3 Å². The maximum Gasteiger partial charge on any atom is 0.0456 e. The van der Waals surface area contributed by atoms with Gasteiger partial charge in [0.2, 0.25) is 0 Å². The molecule has 0 radical (unpaired) electrons. The molecule has 0 saturated carbocycles. The van der Waals surface area contributed by atoms with Gasteiger partial charge < -0.3 is 10.3 Å². The lowest BCUT2D eigenvalue weighted by Crippen LogP contribution is -2.33. The Labute approximate surface area is 96.1 Å². The lowest BCUT2D eigenvalue weighted by atomic mass is 9.82. The molecule has 1 saturated heterocycles. The average Bonchev–Trinajstić information content (AvgIpc) is 2.74. The van der Waals surface area contributed by atoms with Gasteiger partial charge in [-0.15, -0.1) is 0 Å². The van der Waals surface area contributed by atoms with Crippen LogP contribution in [0.3, 0.4) is 0 Å². The van der Waals surface area contributed by atoms with Crippen molar-refractivity contribution in [3.05, 3.63) is 36.0 Å². The van der Waals surface area contributed by atoms with Crippen molar-refractivity contribution in [2.24, 2.45) is 5.92 Å². The number of nitrogens with one attached hydrogen (secondary N) is 2. The van der Waals surface area contributed by atoms with Crippen molar-refractivity contribution >= 4 is 10.9 Å². The summed E-state index contributed by atoms with van der Waals surface area (Å²) in [5.74, 6) is 1.44. The first kappa shape index (κ1) is 9.91. The van der Waals surface area contributed by atoms with E-state index in [0.29, 0.717) is 5.92 Å². The smallest absolute Gasteiger partial charge is 0.0456 e. The maximum atomic E-state index is 3.46. The van der Waals surface area contributed by atoms with Gasteiger partial charge in [0.1, 0.15) is 0 Å². The number of H-pyrrole nitrogens is 1. The van der Waals surface area contributed by atoms with E-state index in [1.165, 1.54) is 22.9 Å². The van der Waals surface area contributed by atoms with Gasteiger partial charge in [0, 0.05) is 17.1 Å². The third-order valence-electron chi connectivity index (χ3n) is 3.81. The van der Waals surface area contributed by atoms with Crippen molar-refractivity contribution in [1.29, 1.82) is 0 Å². The number of piperidine rings is 1. The van der Waals surface area contributed by atoms with Crippen LogP contribution in [0, 0.1) is 5.92 Å². The third-order valence-corrected chi connectivity index (χ3v) is 3.81. The fourth-order valence-electron chi connectivity index (χ4n) is 2.88. The molecule has 3 rings (SSSR count). The molecular weight excluding hydrogens is 196 g/mol. The molecule has 2 aromatic rings. The molecule has 84 valence electrons. The van der Waals surface area contributed by atoms with Crippen LogP contribution >= 0.6 is 0 Å². The van der Waals surface area contributed by atoms with E-state index in [-0.39, 0.29) is 0 Å². The number of benzene rings is 1. The van der Waals surface area contributed by atoms with Crippen LogP contribution in [0.15, 0.2) is 30.5 Å². The minimum atomic E-state index is 0.706. The maximum absolute atomic E-state index is 3.46. The van der Waals surface area contributed by atoms with Crippen molar-refractivity contribution in [2.75, 3.05) is 13.1 Å². The minimum absolute atomic E-state index is 0.706. The number of hydrogen-bond donors (Lipinski definition) is 2. The molecule has 2 N–H and O–H groups in total. The lowest BCUT2D eigenvalue weighted by Gasteiger charge is -2.29. The average molecular weight is 214 g/mol. The summed E-state index contributed by atoms with van der Waals surface area (Å²) in [6.07, 6.45) is 3.46. The monoisotopic (exact) mass is 214 g/mol. The molecule has 0 spiro atoms.